The van der Waals surface area contributed by atoms with E-state index >= 15 is 0 Å². The van der Waals surface area contributed by atoms with E-state index in [1.807, 2.05) is 19.9 Å². The van der Waals surface area contributed by atoms with Crippen LogP contribution in [-0.4, -0.2) is 91.7 Å². The number of pyridine rings is 1. The van der Waals surface area contributed by atoms with Crippen LogP contribution in [0.4, 0.5) is 11.8 Å². The molecular formula is C30H42N6O5S. The SMILES string of the molecule is Cc1nc(N(CC2CCOC2)CC2CCCO2)nc(NC2(O)CCC(C(C)(C)O)C2O)c1-c1nc2c(C)nccc2s1. The molecule has 5 unspecified atom stereocenters. The number of aromatic nitrogens is 4. The van der Waals surface area contributed by atoms with Crippen molar-refractivity contribution in [3.63, 3.8) is 0 Å². The van der Waals surface area contributed by atoms with E-state index in [1.54, 1.807) is 20.0 Å². The number of rotatable bonds is 9. The highest BCUT2D eigenvalue weighted by atomic mass is 32.1. The molecule has 1 aliphatic carbocycles. The van der Waals surface area contributed by atoms with E-state index in [9.17, 15) is 15.3 Å². The lowest BCUT2D eigenvalue weighted by Crippen LogP contribution is -2.51. The maximum Gasteiger partial charge on any atom is 0.227 e. The summed E-state index contributed by atoms with van der Waals surface area (Å²) < 4.78 is 12.7. The molecule has 6 rings (SSSR count). The number of fused-ring (bicyclic) bond motifs is 1. The van der Waals surface area contributed by atoms with Crippen LogP contribution in [-0.2, 0) is 9.47 Å². The Kier molecular flexibility index (Phi) is 8.14. The lowest BCUT2D eigenvalue weighted by Gasteiger charge is -2.35. The lowest BCUT2D eigenvalue weighted by molar-refractivity contribution is -0.0926. The monoisotopic (exact) mass is 598 g/mol. The van der Waals surface area contributed by atoms with Gasteiger partial charge in [0.25, 0.3) is 0 Å². The predicted octanol–water partition coefficient (Wildman–Crippen LogP) is 3.43. The lowest BCUT2D eigenvalue weighted by atomic mass is 9.87. The molecule has 228 valence electrons. The maximum atomic E-state index is 11.8. The van der Waals surface area contributed by atoms with Crippen LogP contribution in [0.1, 0.15) is 57.3 Å². The van der Waals surface area contributed by atoms with Gasteiger partial charge in [0.1, 0.15) is 22.4 Å². The first kappa shape index (κ1) is 29.6. The molecule has 2 aliphatic heterocycles. The van der Waals surface area contributed by atoms with Gasteiger partial charge in [0.15, 0.2) is 5.72 Å². The minimum Gasteiger partial charge on any atom is -0.390 e. The van der Waals surface area contributed by atoms with Crippen molar-refractivity contribution >= 4 is 33.3 Å². The molecule has 3 fully saturated rings. The number of nitrogens with one attached hydrogen (secondary N) is 1. The Balaban J connectivity index is 1.43. The Morgan fingerprint density at radius 3 is 2.62 bits per heavy atom. The van der Waals surface area contributed by atoms with Crippen molar-refractivity contribution in [2.75, 3.05) is 43.1 Å². The van der Waals surface area contributed by atoms with E-state index in [2.05, 4.69) is 15.2 Å². The zero-order valence-electron chi connectivity index (χ0n) is 24.8. The van der Waals surface area contributed by atoms with Crippen LogP contribution in [0.3, 0.4) is 0 Å². The summed E-state index contributed by atoms with van der Waals surface area (Å²) in [5.41, 5.74) is 0.189. The van der Waals surface area contributed by atoms with Crippen molar-refractivity contribution in [1.82, 2.24) is 19.9 Å². The number of nitrogens with zero attached hydrogens (tertiary/aromatic N) is 5. The van der Waals surface area contributed by atoms with Crippen LogP contribution >= 0.6 is 11.3 Å². The van der Waals surface area contributed by atoms with Gasteiger partial charge in [0.2, 0.25) is 5.95 Å². The third-order valence-electron chi connectivity index (χ3n) is 8.96. The molecule has 5 atom stereocenters. The van der Waals surface area contributed by atoms with Crippen molar-refractivity contribution in [1.29, 1.82) is 0 Å². The summed E-state index contributed by atoms with van der Waals surface area (Å²) >= 11 is 1.52. The van der Waals surface area contributed by atoms with Crippen molar-refractivity contribution in [2.24, 2.45) is 11.8 Å². The number of thiazole rings is 1. The highest BCUT2D eigenvalue weighted by Crippen LogP contribution is 2.44. The number of ether oxygens (including phenoxy) is 2. The third-order valence-corrected chi connectivity index (χ3v) is 10.0. The molecule has 4 N–H and O–H groups in total. The van der Waals surface area contributed by atoms with Gasteiger partial charge in [-0.05, 0) is 65.9 Å². The Bertz CT molecular complexity index is 1400. The second-order valence-electron chi connectivity index (χ2n) is 12.7. The van der Waals surface area contributed by atoms with E-state index in [-0.39, 0.29) is 12.5 Å². The van der Waals surface area contributed by atoms with E-state index in [4.69, 9.17) is 24.4 Å². The Morgan fingerprint density at radius 2 is 1.95 bits per heavy atom. The Hall–Kier alpha value is -2.48. The van der Waals surface area contributed by atoms with Crippen LogP contribution < -0.4 is 10.2 Å². The largest absolute Gasteiger partial charge is 0.390 e. The molecule has 3 aliphatic rings. The smallest absolute Gasteiger partial charge is 0.227 e. The zero-order chi connectivity index (χ0) is 29.6. The summed E-state index contributed by atoms with van der Waals surface area (Å²) in [7, 11) is 0. The number of aryl methyl sites for hydroxylation is 2. The van der Waals surface area contributed by atoms with Gasteiger partial charge in [0, 0.05) is 44.3 Å². The molecule has 0 spiro atoms. The summed E-state index contributed by atoms with van der Waals surface area (Å²) in [6.07, 6.45) is 4.38. The topological polar surface area (TPSA) is 146 Å². The van der Waals surface area contributed by atoms with Gasteiger partial charge in [-0.3, -0.25) is 4.98 Å². The van der Waals surface area contributed by atoms with Crippen LogP contribution in [0, 0.1) is 25.7 Å². The van der Waals surface area contributed by atoms with E-state index < -0.39 is 23.3 Å². The molecule has 5 heterocycles. The minimum atomic E-state index is -1.69. The van der Waals surface area contributed by atoms with E-state index in [0.717, 1.165) is 54.9 Å². The molecule has 1 saturated carbocycles. The fourth-order valence-electron chi connectivity index (χ4n) is 6.54. The van der Waals surface area contributed by atoms with Gasteiger partial charge in [-0.15, -0.1) is 11.3 Å². The van der Waals surface area contributed by atoms with E-state index in [1.165, 1.54) is 11.3 Å². The molecule has 11 nitrogen and oxygen atoms in total. The van der Waals surface area contributed by atoms with Crippen LogP contribution in [0.25, 0.3) is 20.8 Å². The zero-order valence-corrected chi connectivity index (χ0v) is 25.7. The summed E-state index contributed by atoms with van der Waals surface area (Å²) in [5.74, 6) is 0.797. The van der Waals surface area contributed by atoms with Crippen LogP contribution in [0.15, 0.2) is 12.3 Å². The van der Waals surface area contributed by atoms with Gasteiger partial charge in [-0.25, -0.2) is 9.97 Å². The van der Waals surface area contributed by atoms with Gasteiger partial charge in [-0.2, -0.15) is 4.98 Å². The molecule has 0 aromatic carbocycles. The van der Waals surface area contributed by atoms with Crippen molar-refractivity contribution < 1.29 is 24.8 Å². The molecule has 0 radical (unpaired) electrons. The van der Waals surface area contributed by atoms with Gasteiger partial charge < -0.3 is 35.0 Å². The molecule has 0 bridgehead atoms. The quantitative estimate of drug-likeness (QED) is 0.269. The number of aliphatic hydroxyl groups excluding tert-OH is 1. The minimum absolute atomic E-state index is 0.0976. The summed E-state index contributed by atoms with van der Waals surface area (Å²) in [4.78, 5) is 21.5. The molecule has 12 heteroatoms. The highest BCUT2D eigenvalue weighted by Gasteiger charge is 2.52. The fourth-order valence-corrected chi connectivity index (χ4v) is 7.65. The van der Waals surface area contributed by atoms with Gasteiger partial charge in [-0.1, -0.05) is 0 Å². The molecular weight excluding hydrogens is 556 g/mol. The number of hydrogen-bond donors (Lipinski definition) is 4. The normalized spacial score (nSPS) is 28.2. The first-order valence-electron chi connectivity index (χ1n) is 15.0. The summed E-state index contributed by atoms with van der Waals surface area (Å²) in [6, 6.07) is 1.94. The first-order chi connectivity index (χ1) is 20.0. The number of hydrogen-bond acceptors (Lipinski definition) is 12. The van der Waals surface area contributed by atoms with Crippen molar-refractivity contribution in [3.8, 4) is 10.6 Å². The third kappa shape index (κ3) is 5.85. The molecule has 42 heavy (non-hydrogen) atoms. The maximum absolute atomic E-state index is 11.8. The number of aliphatic hydroxyl groups is 3. The number of anilines is 2. The van der Waals surface area contributed by atoms with Crippen molar-refractivity contribution in [3.05, 3.63) is 23.7 Å². The van der Waals surface area contributed by atoms with Gasteiger partial charge in [0.05, 0.1) is 40.0 Å². The molecule has 3 aromatic heterocycles. The Morgan fingerprint density at radius 1 is 1.12 bits per heavy atom. The summed E-state index contributed by atoms with van der Waals surface area (Å²) in [6.45, 7) is 10.8. The summed E-state index contributed by atoms with van der Waals surface area (Å²) in [5, 5.41) is 37.7. The predicted molar refractivity (Wildman–Crippen MR) is 162 cm³/mol. The second kappa shape index (κ2) is 11.5. The van der Waals surface area contributed by atoms with Gasteiger partial charge >= 0.3 is 0 Å². The Labute approximate surface area is 250 Å². The highest BCUT2D eigenvalue weighted by molar-refractivity contribution is 7.21. The van der Waals surface area contributed by atoms with Crippen LogP contribution in [0.5, 0.6) is 0 Å². The van der Waals surface area contributed by atoms with Crippen molar-refractivity contribution in [2.45, 2.75) is 83.3 Å². The average molecular weight is 599 g/mol. The molecule has 0 amide bonds. The first-order valence-corrected chi connectivity index (χ1v) is 15.8. The fraction of sp³-hybridized carbons (Fsp3) is 0.667. The van der Waals surface area contributed by atoms with E-state index in [0.29, 0.717) is 53.5 Å². The second-order valence-corrected chi connectivity index (χ2v) is 13.7. The molecule has 2 saturated heterocycles. The average Bonchev–Trinajstić information content (AvgIpc) is 3.73. The van der Waals surface area contributed by atoms with Crippen LogP contribution in [0.2, 0.25) is 0 Å². The molecule has 3 aromatic rings. The standard InChI is InChI=1S/C30H42N6O5S/c1-17-23(27-33-24-18(2)31-11-8-22(24)42-27)26(35-30(39)10-7-21(25(30)37)29(3,4)38)34-28(32-17)36(14-19-9-13-40-16-19)15-20-6-5-12-41-20/h8,11,19-21,25,37-39H,5-7,9-10,12-16H2,1-4H3,(H,32,34,35).